The lowest BCUT2D eigenvalue weighted by atomic mass is 9.84. The van der Waals surface area contributed by atoms with E-state index in [1.807, 2.05) is 19.1 Å². The maximum atomic E-state index is 9.75. The number of ether oxygens (including phenoxy) is 1. The zero-order valence-electron chi connectivity index (χ0n) is 14.6. The van der Waals surface area contributed by atoms with Gasteiger partial charge in [-0.1, -0.05) is 46.9 Å². The van der Waals surface area contributed by atoms with Crippen molar-refractivity contribution in [3.05, 3.63) is 85.8 Å². The predicted molar refractivity (Wildman–Crippen MR) is 109 cm³/mol. The Kier molecular flexibility index (Phi) is 4.72. The van der Waals surface area contributed by atoms with Crippen molar-refractivity contribution in [1.82, 2.24) is 9.78 Å². The molecule has 0 bridgehead atoms. The third kappa shape index (κ3) is 2.91. The summed E-state index contributed by atoms with van der Waals surface area (Å²) < 4.78 is 7.43. The Balaban J connectivity index is 2.02. The van der Waals surface area contributed by atoms with Crippen molar-refractivity contribution < 1.29 is 4.74 Å². The second-order valence-corrected chi connectivity index (χ2v) is 7.51. The summed E-state index contributed by atoms with van der Waals surface area (Å²) in [5, 5.41) is 15.8. The Morgan fingerprint density at radius 1 is 1.11 bits per heavy atom. The number of allylic oxidation sites excluding steroid dienone is 1. The molecule has 0 radical (unpaired) electrons. The number of fused-ring (bicyclic) bond motifs is 1. The van der Waals surface area contributed by atoms with Gasteiger partial charge in [0.1, 0.15) is 11.6 Å². The standard InChI is InChI=1S/C20H13Cl3N4O/c1-10-16-17(18-14(22)6-3-7-15(18)23)13(9-24)19(25)28-20(16)27(26-10)12-5-2-4-11(21)8-12/h2-8,17H,25H2,1H3/t17-/m1/s1. The number of nitrogens with two attached hydrogens (primary N) is 1. The van der Waals surface area contributed by atoms with E-state index in [4.69, 9.17) is 45.3 Å². The van der Waals surface area contributed by atoms with Crippen LogP contribution in [0.25, 0.3) is 5.69 Å². The highest BCUT2D eigenvalue weighted by atomic mass is 35.5. The van der Waals surface area contributed by atoms with Gasteiger partial charge in [0.15, 0.2) is 0 Å². The van der Waals surface area contributed by atoms with E-state index in [9.17, 15) is 5.26 Å². The van der Waals surface area contributed by atoms with Gasteiger partial charge in [0.05, 0.1) is 22.9 Å². The lowest BCUT2D eigenvalue weighted by molar-refractivity contribution is 0.367. The third-order valence-electron chi connectivity index (χ3n) is 4.57. The van der Waals surface area contributed by atoms with Crippen LogP contribution in [-0.4, -0.2) is 9.78 Å². The van der Waals surface area contributed by atoms with Gasteiger partial charge >= 0.3 is 0 Å². The van der Waals surface area contributed by atoms with Crippen LogP contribution in [0.5, 0.6) is 5.88 Å². The lowest BCUT2D eigenvalue weighted by Gasteiger charge is -2.26. The topological polar surface area (TPSA) is 76.9 Å². The molecule has 0 amide bonds. The predicted octanol–water partition coefficient (Wildman–Crippen LogP) is 5.36. The first-order valence-corrected chi connectivity index (χ1v) is 9.42. The molecule has 2 N–H and O–H groups in total. The molecular weight excluding hydrogens is 419 g/mol. The number of rotatable bonds is 2. The molecular formula is C20H13Cl3N4O. The number of hydrogen-bond acceptors (Lipinski definition) is 4. The maximum Gasteiger partial charge on any atom is 0.229 e. The SMILES string of the molecule is Cc1nn(-c2cccc(Cl)c2)c2c1[C@H](c1c(Cl)cccc1Cl)C(C#N)=C(N)O2. The molecule has 2 aromatic carbocycles. The van der Waals surface area contributed by atoms with Crippen LogP contribution in [-0.2, 0) is 0 Å². The van der Waals surface area contributed by atoms with Crippen molar-refractivity contribution in [3.8, 4) is 17.6 Å². The summed E-state index contributed by atoms with van der Waals surface area (Å²) in [6.45, 7) is 1.83. The first-order valence-electron chi connectivity index (χ1n) is 8.29. The largest absolute Gasteiger partial charge is 0.422 e. The highest BCUT2D eigenvalue weighted by Crippen LogP contribution is 2.48. The van der Waals surface area contributed by atoms with Crippen molar-refractivity contribution in [1.29, 1.82) is 5.26 Å². The summed E-state index contributed by atoms with van der Waals surface area (Å²) in [5.74, 6) is -0.209. The van der Waals surface area contributed by atoms with Crippen LogP contribution in [0.3, 0.4) is 0 Å². The fourth-order valence-electron chi connectivity index (χ4n) is 3.37. The molecule has 0 fully saturated rings. The third-order valence-corrected chi connectivity index (χ3v) is 5.47. The molecule has 0 saturated heterocycles. The molecule has 1 aliphatic heterocycles. The Morgan fingerprint density at radius 2 is 1.79 bits per heavy atom. The second kappa shape index (κ2) is 7.06. The zero-order valence-corrected chi connectivity index (χ0v) is 16.8. The average molecular weight is 432 g/mol. The maximum absolute atomic E-state index is 9.75. The minimum atomic E-state index is -0.595. The van der Waals surface area contributed by atoms with E-state index >= 15 is 0 Å². The van der Waals surface area contributed by atoms with Crippen molar-refractivity contribution in [2.75, 3.05) is 0 Å². The van der Waals surface area contributed by atoms with Gasteiger partial charge in [-0.25, -0.2) is 4.68 Å². The molecule has 5 nitrogen and oxygen atoms in total. The van der Waals surface area contributed by atoms with E-state index in [0.717, 1.165) is 0 Å². The van der Waals surface area contributed by atoms with Gasteiger partial charge < -0.3 is 10.5 Å². The highest BCUT2D eigenvalue weighted by Gasteiger charge is 2.38. The van der Waals surface area contributed by atoms with Crippen LogP contribution < -0.4 is 10.5 Å². The number of nitrogens with zero attached hydrogens (tertiary/aromatic N) is 3. The normalized spacial score (nSPS) is 15.8. The van der Waals surface area contributed by atoms with E-state index < -0.39 is 5.92 Å². The number of halogens is 3. The molecule has 0 spiro atoms. The van der Waals surface area contributed by atoms with Crippen molar-refractivity contribution in [2.45, 2.75) is 12.8 Å². The van der Waals surface area contributed by atoms with Gasteiger partial charge in [-0.15, -0.1) is 0 Å². The summed E-state index contributed by atoms with van der Waals surface area (Å²) in [7, 11) is 0. The fraction of sp³-hybridized carbons (Fsp3) is 0.100. The van der Waals surface area contributed by atoms with Crippen LogP contribution in [0.1, 0.15) is 22.7 Å². The molecule has 4 rings (SSSR count). The number of nitriles is 1. The second-order valence-electron chi connectivity index (χ2n) is 6.26. The minimum absolute atomic E-state index is 0.0147. The monoisotopic (exact) mass is 430 g/mol. The highest BCUT2D eigenvalue weighted by molar-refractivity contribution is 6.36. The Hall–Kier alpha value is -2.65. The van der Waals surface area contributed by atoms with Crippen LogP contribution in [0.15, 0.2) is 53.9 Å². The Labute approximate surface area is 176 Å². The molecule has 1 aromatic heterocycles. The molecule has 28 heavy (non-hydrogen) atoms. The van der Waals surface area contributed by atoms with Crippen LogP contribution in [0, 0.1) is 18.3 Å². The molecule has 3 aromatic rings. The van der Waals surface area contributed by atoms with E-state index in [2.05, 4.69) is 11.2 Å². The lowest BCUT2D eigenvalue weighted by Crippen LogP contribution is -2.22. The minimum Gasteiger partial charge on any atom is -0.422 e. The molecule has 2 heterocycles. The molecule has 8 heteroatoms. The van der Waals surface area contributed by atoms with Crippen LogP contribution >= 0.6 is 34.8 Å². The van der Waals surface area contributed by atoms with E-state index in [0.29, 0.717) is 43.5 Å². The van der Waals surface area contributed by atoms with Gasteiger partial charge in [0.25, 0.3) is 0 Å². The molecule has 140 valence electrons. The van der Waals surface area contributed by atoms with E-state index in [-0.39, 0.29) is 11.5 Å². The molecule has 1 atom stereocenters. The van der Waals surface area contributed by atoms with Gasteiger partial charge in [-0.2, -0.15) is 10.4 Å². The van der Waals surface area contributed by atoms with Crippen molar-refractivity contribution >= 4 is 34.8 Å². The van der Waals surface area contributed by atoms with Gasteiger partial charge in [-0.05, 0) is 37.3 Å². The molecule has 0 saturated carbocycles. The smallest absolute Gasteiger partial charge is 0.229 e. The average Bonchev–Trinajstić information content (AvgIpc) is 2.97. The molecule has 0 aliphatic carbocycles. The Bertz CT molecular complexity index is 1160. The van der Waals surface area contributed by atoms with Gasteiger partial charge in [0.2, 0.25) is 11.8 Å². The van der Waals surface area contributed by atoms with Crippen molar-refractivity contribution in [3.63, 3.8) is 0 Å². The van der Waals surface area contributed by atoms with E-state index in [1.54, 1.807) is 35.0 Å². The molecule has 0 unspecified atom stereocenters. The number of hydrogen-bond donors (Lipinski definition) is 1. The van der Waals surface area contributed by atoms with E-state index in [1.165, 1.54) is 0 Å². The summed E-state index contributed by atoms with van der Waals surface area (Å²) >= 11 is 19.0. The van der Waals surface area contributed by atoms with Crippen molar-refractivity contribution in [2.24, 2.45) is 5.73 Å². The summed E-state index contributed by atoms with van der Waals surface area (Å²) in [4.78, 5) is 0. The quantitative estimate of drug-likeness (QED) is 0.592. The van der Waals surface area contributed by atoms with Gasteiger partial charge in [-0.3, -0.25) is 0 Å². The Morgan fingerprint density at radius 3 is 2.43 bits per heavy atom. The summed E-state index contributed by atoms with van der Waals surface area (Å²) in [5.41, 5.74) is 8.97. The van der Waals surface area contributed by atoms with Crippen LogP contribution in [0.4, 0.5) is 0 Å². The first kappa shape index (κ1) is 18.7. The number of aryl methyl sites for hydroxylation is 1. The zero-order chi connectivity index (χ0) is 20.0. The summed E-state index contributed by atoms with van der Waals surface area (Å²) in [6.07, 6.45) is 0. The van der Waals surface area contributed by atoms with Crippen LogP contribution in [0.2, 0.25) is 15.1 Å². The summed E-state index contributed by atoms with van der Waals surface area (Å²) in [6, 6.07) is 14.5. The van der Waals surface area contributed by atoms with Gasteiger partial charge in [0, 0.05) is 20.6 Å². The number of benzene rings is 2. The first-order chi connectivity index (χ1) is 13.4. The number of aromatic nitrogens is 2. The fourth-order valence-corrected chi connectivity index (χ4v) is 4.17. The molecule has 1 aliphatic rings.